The molecule has 2 nitrogen and oxygen atoms in total. The Kier molecular flexibility index (Phi) is 3.95. The summed E-state index contributed by atoms with van der Waals surface area (Å²) in [5.74, 6) is 0.574. The van der Waals surface area contributed by atoms with Crippen LogP contribution in [0.3, 0.4) is 0 Å². The summed E-state index contributed by atoms with van der Waals surface area (Å²) >= 11 is 7.50. The van der Waals surface area contributed by atoms with E-state index in [-0.39, 0.29) is 5.78 Å². The quantitative estimate of drug-likeness (QED) is 0.618. The number of rotatable bonds is 4. The van der Waals surface area contributed by atoms with E-state index in [9.17, 15) is 4.79 Å². The fourth-order valence-corrected chi connectivity index (χ4v) is 3.30. The van der Waals surface area contributed by atoms with Crippen molar-refractivity contribution in [1.29, 1.82) is 0 Å². The Bertz CT molecular complexity index is 794. The summed E-state index contributed by atoms with van der Waals surface area (Å²) in [7, 11) is 0. The number of carbonyl (C=O) groups excluding carboxylic acids is 1. The Hall–Kier alpha value is -1.84. The Morgan fingerprint density at radius 1 is 1.19 bits per heavy atom. The van der Waals surface area contributed by atoms with E-state index in [0.29, 0.717) is 16.3 Å². The van der Waals surface area contributed by atoms with Crippen LogP contribution in [0.25, 0.3) is 10.1 Å². The zero-order valence-corrected chi connectivity index (χ0v) is 12.9. The molecule has 0 N–H and O–H groups in total. The van der Waals surface area contributed by atoms with Gasteiger partial charge in [-0.2, -0.15) is 0 Å². The molecule has 0 saturated heterocycles. The van der Waals surface area contributed by atoms with Gasteiger partial charge in [0, 0.05) is 15.3 Å². The normalized spacial score (nSPS) is 12.3. The first kappa shape index (κ1) is 14.1. The number of fused-ring (bicyclic) bond motifs is 1. The van der Waals surface area contributed by atoms with Gasteiger partial charge in [0.2, 0.25) is 5.78 Å². The highest BCUT2D eigenvalue weighted by Crippen LogP contribution is 2.26. The molecular weight excluding hydrogens is 304 g/mol. The second-order valence-electron chi connectivity index (χ2n) is 4.73. The van der Waals surface area contributed by atoms with E-state index >= 15 is 0 Å². The molecule has 1 aromatic heterocycles. The van der Waals surface area contributed by atoms with E-state index in [1.807, 2.05) is 29.6 Å². The predicted molar refractivity (Wildman–Crippen MR) is 87.7 cm³/mol. The fourth-order valence-electron chi connectivity index (χ4n) is 2.20. The highest BCUT2D eigenvalue weighted by molar-refractivity contribution is 7.17. The molecule has 3 rings (SSSR count). The summed E-state index contributed by atoms with van der Waals surface area (Å²) in [4.78, 5) is 12.6. The minimum Gasteiger partial charge on any atom is -0.483 e. The Balaban J connectivity index is 1.86. The van der Waals surface area contributed by atoms with Crippen LogP contribution in [0.5, 0.6) is 5.75 Å². The highest BCUT2D eigenvalue weighted by Gasteiger charge is 2.19. The fraction of sp³-hybridized carbons (Fsp3) is 0.118. The van der Waals surface area contributed by atoms with Crippen molar-refractivity contribution in [2.24, 2.45) is 0 Å². The van der Waals surface area contributed by atoms with Crippen molar-refractivity contribution in [3.8, 4) is 5.75 Å². The highest BCUT2D eigenvalue weighted by atomic mass is 35.5. The molecule has 3 aromatic rings. The summed E-state index contributed by atoms with van der Waals surface area (Å²) in [6.45, 7) is 1.76. The number of ketones is 1. The zero-order chi connectivity index (χ0) is 14.8. The van der Waals surface area contributed by atoms with Crippen molar-refractivity contribution >= 4 is 38.8 Å². The minimum atomic E-state index is -0.559. The average Bonchev–Trinajstić information content (AvgIpc) is 2.94. The lowest BCUT2D eigenvalue weighted by atomic mass is 10.1. The average molecular weight is 317 g/mol. The monoisotopic (exact) mass is 316 g/mol. The number of benzene rings is 2. The molecule has 0 amide bonds. The maximum absolute atomic E-state index is 12.6. The summed E-state index contributed by atoms with van der Waals surface area (Å²) in [5.41, 5.74) is 0.706. The first-order valence-electron chi connectivity index (χ1n) is 6.58. The van der Waals surface area contributed by atoms with E-state index in [0.717, 1.165) is 10.1 Å². The lowest BCUT2D eigenvalue weighted by Crippen LogP contribution is -2.23. The Morgan fingerprint density at radius 2 is 2.00 bits per heavy atom. The van der Waals surface area contributed by atoms with Gasteiger partial charge >= 0.3 is 0 Å². The van der Waals surface area contributed by atoms with Crippen LogP contribution in [0.1, 0.15) is 17.3 Å². The minimum absolute atomic E-state index is 0.0250. The largest absolute Gasteiger partial charge is 0.483 e. The lowest BCUT2D eigenvalue weighted by molar-refractivity contribution is 0.0820. The lowest BCUT2D eigenvalue weighted by Gasteiger charge is -2.14. The molecule has 0 saturated carbocycles. The third kappa shape index (κ3) is 2.94. The molecule has 21 heavy (non-hydrogen) atoms. The van der Waals surface area contributed by atoms with Gasteiger partial charge in [-0.3, -0.25) is 4.79 Å². The van der Waals surface area contributed by atoms with Gasteiger partial charge in [-0.15, -0.1) is 11.3 Å². The second-order valence-corrected chi connectivity index (χ2v) is 6.08. The molecule has 0 radical (unpaired) electrons. The third-order valence-corrected chi connectivity index (χ3v) is 4.42. The van der Waals surface area contributed by atoms with Crippen LogP contribution in [0.4, 0.5) is 0 Å². The molecule has 0 spiro atoms. The van der Waals surface area contributed by atoms with Crippen molar-refractivity contribution in [2.45, 2.75) is 13.0 Å². The van der Waals surface area contributed by atoms with Crippen LogP contribution in [0.2, 0.25) is 5.02 Å². The van der Waals surface area contributed by atoms with Gasteiger partial charge in [0.25, 0.3) is 0 Å². The molecule has 2 aromatic carbocycles. The van der Waals surface area contributed by atoms with Crippen LogP contribution >= 0.6 is 22.9 Å². The predicted octanol–water partition coefficient (Wildman–Crippen LogP) is 5.20. The maximum atomic E-state index is 12.6. The van der Waals surface area contributed by atoms with Crippen LogP contribution in [0.15, 0.2) is 53.9 Å². The second kappa shape index (κ2) is 5.88. The number of Topliss-reactive ketones (excluding diaryl/α,β-unsaturated/α-hetero) is 1. The molecule has 1 heterocycles. The van der Waals surface area contributed by atoms with Crippen molar-refractivity contribution in [3.05, 3.63) is 64.5 Å². The van der Waals surface area contributed by atoms with E-state index in [4.69, 9.17) is 16.3 Å². The van der Waals surface area contributed by atoms with Gasteiger partial charge in [-0.1, -0.05) is 29.8 Å². The SMILES string of the molecule is CC(Oc1cccc(Cl)c1)C(=O)c1cccc2ccsc12. The summed E-state index contributed by atoms with van der Waals surface area (Å²) in [6.07, 6.45) is -0.559. The number of thiophene rings is 1. The third-order valence-electron chi connectivity index (χ3n) is 3.22. The zero-order valence-electron chi connectivity index (χ0n) is 11.4. The van der Waals surface area contributed by atoms with E-state index < -0.39 is 6.10 Å². The number of halogens is 1. The molecule has 0 aliphatic rings. The van der Waals surface area contributed by atoms with Crippen LogP contribution in [0, 0.1) is 0 Å². The van der Waals surface area contributed by atoms with Crippen LogP contribution in [-0.2, 0) is 0 Å². The summed E-state index contributed by atoms with van der Waals surface area (Å²) in [6, 6.07) is 14.8. The molecular formula is C17H13ClO2S. The molecule has 106 valence electrons. The first-order valence-corrected chi connectivity index (χ1v) is 7.83. The number of ether oxygens (including phenoxy) is 1. The molecule has 0 aliphatic heterocycles. The van der Waals surface area contributed by atoms with Crippen molar-refractivity contribution in [3.63, 3.8) is 0 Å². The van der Waals surface area contributed by atoms with Gasteiger partial charge in [0.15, 0.2) is 6.10 Å². The van der Waals surface area contributed by atoms with E-state index in [1.54, 1.807) is 42.5 Å². The van der Waals surface area contributed by atoms with Gasteiger partial charge < -0.3 is 4.74 Å². The van der Waals surface area contributed by atoms with Crippen LogP contribution < -0.4 is 4.74 Å². The van der Waals surface area contributed by atoms with Gasteiger partial charge in [-0.25, -0.2) is 0 Å². The molecule has 4 heteroatoms. The standard InChI is InChI=1S/C17H13ClO2S/c1-11(20-14-6-3-5-13(18)10-14)16(19)15-7-2-4-12-8-9-21-17(12)15/h2-11H,1H3. The van der Waals surface area contributed by atoms with Gasteiger partial charge in [-0.05, 0) is 48.0 Å². The van der Waals surface area contributed by atoms with Crippen LogP contribution in [-0.4, -0.2) is 11.9 Å². The first-order chi connectivity index (χ1) is 10.1. The topological polar surface area (TPSA) is 26.3 Å². The van der Waals surface area contributed by atoms with Crippen molar-refractivity contribution < 1.29 is 9.53 Å². The molecule has 0 aliphatic carbocycles. The van der Waals surface area contributed by atoms with Gasteiger partial charge in [0.05, 0.1) is 0 Å². The number of hydrogen-bond acceptors (Lipinski definition) is 3. The Labute approximate surface area is 131 Å². The molecule has 0 bridgehead atoms. The summed E-state index contributed by atoms with van der Waals surface area (Å²) in [5, 5.41) is 3.66. The Morgan fingerprint density at radius 3 is 2.81 bits per heavy atom. The van der Waals surface area contributed by atoms with Gasteiger partial charge in [0.1, 0.15) is 5.75 Å². The summed E-state index contributed by atoms with van der Waals surface area (Å²) < 4.78 is 6.71. The number of hydrogen-bond donors (Lipinski definition) is 0. The maximum Gasteiger partial charge on any atom is 0.204 e. The van der Waals surface area contributed by atoms with Crippen molar-refractivity contribution in [1.82, 2.24) is 0 Å². The molecule has 1 unspecified atom stereocenters. The number of carbonyl (C=O) groups is 1. The van der Waals surface area contributed by atoms with E-state index in [1.165, 1.54) is 0 Å². The molecule has 1 atom stereocenters. The van der Waals surface area contributed by atoms with Crippen molar-refractivity contribution in [2.75, 3.05) is 0 Å². The van der Waals surface area contributed by atoms with E-state index in [2.05, 4.69) is 0 Å². The smallest absolute Gasteiger partial charge is 0.204 e. The molecule has 0 fully saturated rings.